The second kappa shape index (κ2) is 6.41. The molecule has 2 fully saturated rings. The lowest BCUT2D eigenvalue weighted by atomic mass is 10.1. The van der Waals surface area contributed by atoms with E-state index < -0.39 is 0 Å². The SMILES string of the molecule is COCCN1C[C@H]2CN(Cc3cccnc3)CCN2C1=O. The molecule has 0 aliphatic carbocycles. The van der Waals surface area contributed by atoms with Crippen LogP contribution in [0.3, 0.4) is 0 Å². The normalized spacial score (nSPS) is 22.7. The van der Waals surface area contributed by atoms with Crippen LogP contribution in [0, 0.1) is 0 Å². The Labute approximate surface area is 125 Å². The largest absolute Gasteiger partial charge is 0.383 e. The van der Waals surface area contributed by atoms with E-state index in [0.29, 0.717) is 19.2 Å². The maximum atomic E-state index is 12.3. The lowest BCUT2D eigenvalue weighted by Gasteiger charge is -2.36. The number of hydrogen-bond donors (Lipinski definition) is 0. The van der Waals surface area contributed by atoms with Crippen molar-refractivity contribution in [2.75, 3.05) is 46.4 Å². The molecule has 21 heavy (non-hydrogen) atoms. The van der Waals surface area contributed by atoms with Gasteiger partial charge in [0.05, 0.1) is 12.6 Å². The smallest absolute Gasteiger partial charge is 0.320 e. The molecular weight excluding hydrogens is 268 g/mol. The first kappa shape index (κ1) is 14.3. The van der Waals surface area contributed by atoms with Crippen molar-refractivity contribution in [1.82, 2.24) is 19.7 Å². The van der Waals surface area contributed by atoms with Crippen molar-refractivity contribution in [2.45, 2.75) is 12.6 Å². The number of amides is 2. The fourth-order valence-electron chi connectivity index (χ4n) is 3.12. The molecule has 0 bridgehead atoms. The molecule has 2 aliphatic rings. The van der Waals surface area contributed by atoms with E-state index in [0.717, 1.165) is 32.7 Å². The molecule has 2 amide bonds. The fourth-order valence-corrected chi connectivity index (χ4v) is 3.12. The molecule has 1 aromatic heterocycles. The monoisotopic (exact) mass is 290 g/mol. The van der Waals surface area contributed by atoms with Gasteiger partial charge in [-0.1, -0.05) is 6.07 Å². The van der Waals surface area contributed by atoms with Crippen LogP contribution in [0.1, 0.15) is 5.56 Å². The first-order valence-electron chi connectivity index (χ1n) is 7.43. The molecule has 0 N–H and O–H groups in total. The summed E-state index contributed by atoms with van der Waals surface area (Å²) in [5, 5.41) is 0. The average Bonchev–Trinajstić information content (AvgIpc) is 2.82. The van der Waals surface area contributed by atoms with Gasteiger partial charge in [0.1, 0.15) is 0 Å². The number of hydrogen-bond acceptors (Lipinski definition) is 4. The number of fused-ring (bicyclic) bond motifs is 1. The number of pyridine rings is 1. The van der Waals surface area contributed by atoms with Gasteiger partial charge in [0, 0.05) is 58.8 Å². The quantitative estimate of drug-likeness (QED) is 0.799. The molecule has 114 valence electrons. The number of nitrogens with zero attached hydrogens (tertiary/aromatic N) is 4. The van der Waals surface area contributed by atoms with Crippen molar-refractivity contribution in [1.29, 1.82) is 0 Å². The number of aromatic nitrogens is 1. The number of ether oxygens (including phenoxy) is 1. The Morgan fingerprint density at radius 3 is 3.05 bits per heavy atom. The topological polar surface area (TPSA) is 48.9 Å². The summed E-state index contributed by atoms with van der Waals surface area (Å²) in [5.74, 6) is 0. The van der Waals surface area contributed by atoms with E-state index in [4.69, 9.17) is 4.74 Å². The molecule has 2 aliphatic heterocycles. The molecule has 3 heterocycles. The highest BCUT2D eigenvalue weighted by Crippen LogP contribution is 2.21. The van der Waals surface area contributed by atoms with Gasteiger partial charge in [0.25, 0.3) is 0 Å². The van der Waals surface area contributed by atoms with E-state index in [-0.39, 0.29) is 6.03 Å². The summed E-state index contributed by atoms with van der Waals surface area (Å²) in [7, 11) is 1.67. The molecule has 3 rings (SSSR count). The van der Waals surface area contributed by atoms with Crippen LogP contribution < -0.4 is 0 Å². The van der Waals surface area contributed by atoms with Gasteiger partial charge in [-0.2, -0.15) is 0 Å². The van der Waals surface area contributed by atoms with Gasteiger partial charge in [-0.25, -0.2) is 4.79 Å². The van der Waals surface area contributed by atoms with Gasteiger partial charge >= 0.3 is 6.03 Å². The molecule has 0 saturated carbocycles. The second-order valence-electron chi connectivity index (χ2n) is 5.66. The zero-order valence-corrected chi connectivity index (χ0v) is 12.4. The molecule has 1 aromatic rings. The van der Waals surface area contributed by atoms with E-state index in [9.17, 15) is 4.79 Å². The van der Waals surface area contributed by atoms with E-state index >= 15 is 0 Å². The number of rotatable bonds is 5. The Hall–Kier alpha value is -1.66. The number of piperazine rings is 1. The fraction of sp³-hybridized carbons (Fsp3) is 0.600. The Bertz CT molecular complexity index is 482. The molecule has 1 atom stereocenters. The molecule has 2 saturated heterocycles. The van der Waals surface area contributed by atoms with Gasteiger partial charge in [0.2, 0.25) is 0 Å². The summed E-state index contributed by atoms with van der Waals surface area (Å²) >= 11 is 0. The van der Waals surface area contributed by atoms with Gasteiger partial charge in [-0.3, -0.25) is 9.88 Å². The minimum absolute atomic E-state index is 0.165. The van der Waals surface area contributed by atoms with E-state index in [1.807, 2.05) is 22.1 Å². The first-order chi connectivity index (χ1) is 10.3. The van der Waals surface area contributed by atoms with Crippen molar-refractivity contribution in [3.05, 3.63) is 30.1 Å². The Kier molecular flexibility index (Phi) is 4.36. The summed E-state index contributed by atoms with van der Waals surface area (Å²) in [5.41, 5.74) is 1.23. The zero-order valence-electron chi connectivity index (χ0n) is 12.4. The predicted molar refractivity (Wildman–Crippen MR) is 78.9 cm³/mol. The average molecular weight is 290 g/mol. The standard InChI is InChI=1S/C15H22N4O2/c1-21-8-7-18-12-14-11-17(5-6-19(14)15(18)20)10-13-3-2-4-16-9-13/h2-4,9,14H,5-8,10-12H2,1H3/t14-/m1/s1. The maximum Gasteiger partial charge on any atom is 0.320 e. The molecule has 0 unspecified atom stereocenters. The lowest BCUT2D eigenvalue weighted by Crippen LogP contribution is -2.51. The Balaban J connectivity index is 1.57. The number of carbonyl (C=O) groups is 1. The third kappa shape index (κ3) is 3.16. The van der Waals surface area contributed by atoms with Crippen molar-refractivity contribution in [3.63, 3.8) is 0 Å². The lowest BCUT2D eigenvalue weighted by molar-refractivity contribution is 0.116. The van der Waals surface area contributed by atoms with E-state index in [1.165, 1.54) is 5.56 Å². The van der Waals surface area contributed by atoms with Gasteiger partial charge in [0.15, 0.2) is 0 Å². The van der Waals surface area contributed by atoms with Crippen LogP contribution in [0.2, 0.25) is 0 Å². The predicted octanol–water partition coefficient (Wildman–Crippen LogP) is 0.650. The van der Waals surface area contributed by atoms with E-state index in [2.05, 4.69) is 16.0 Å². The molecule has 6 heteroatoms. The summed E-state index contributed by atoms with van der Waals surface area (Å²) in [6.45, 7) is 5.68. The minimum Gasteiger partial charge on any atom is -0.383 e. The van der Waals surface area contributed by atoms with Crippen LogP contribution in [0.25, 0.3) is 0 Å². The summed E-state index contributed by atoms with van der Waals surface area (Å²) in [6.07, 6.45) is 3.71. The van der Waals surface area contributed by atoms with Crippen molar-refractivity contribution in [2.24, 2.45) is 0 Å². The number of carbonyl (C=O) groups excluding carboxylic acids is 1. The third-order valence-corrected chi connectivity index (χ3v) is 4.21. The highest BCUT2D eigenvalue weighted by molar-refractivity contribution is 5.77. The first-order valence-corrected chi connectivity index (χ1v) is 7.43. The molecule has 0 spiro atoms. The third-order valence-electron chi connectivity index (χ3n) is 4.21. The van der Waals surface area contributed by atoms with E-state index in [1.54, 1.807) is 13.3 Å². The Morgan fingerprint density at radius 2 is 2.29 bits per heavy atom. The van der Waals surface area contributed by atoms with Crippen LogP contribution in [-0.2, 0) is 11.3 Å². The molecular formula is C15H22N4O2. The van der Waals surface area contributed by atoms with Gasteiger partial charge in [-0.05, 0) is 11.6 Å². The van der Waals surface area contributed by atoms with Crippen molar-refractivity contribution >= 4 is 6.03 Å². The van der Waals surface area contributed by atoms with Crippen molar-refractivity contribution < 1.29 is 9.53 Å². The van der Waals surface area contributed by atoms with Crippen LogP contribution in [-0.4, -0.2) is 78.2 Å². The summed E-state index contributed by atoms with van der Waals surface area (Å²) in [4.78, 5) is 22.8. The Morgan fingerprint density at radius 1 is 1.38 bits per heavy atom. The summed E-state index contributed by atoms with van der Waals surface area (Å²) in [6, 6.07) is 4.54. The van der Waals surface area contributed by atoms with Gasteiger partial charge in [-0.15, -0.1) is 0 Å². The maximum absolute atomic E-state index is 12.3. The van der Waals surface area contributed by atoms with Crippen molar-refractivity contribution in [3.8, 4) is 0 Å². The number of urea groups is 1. The number of methoxy groups -OCH3 is 1. The second-order valence-corrected chi connectivity index (χ2v) is 5.66. The highest BCUT2D eigenvalue weighted by Gasteiger charge is 2.40. The zero-order chi connectivity index (χ0) is 14.7. The molecule has 0 radical (unpaired) electrons. The van der Waals surface area contributed by atoms with Crippen LogP contribution in [0.5, 0.6) is 0 Å². The molecule has 0 aromatic carbocycles. The van der Waals surface area contributed by atoms with Gasteiger partial charge < -0.3 is 14.5 Å². The highest BCUT2D eigenvalue weighted by atomic mass is 16.5. The summed E-state index contributed by atoms with van der Waals surface area (Å²) < 4.78 is 5.08. The van der Waals surface area contributed by atoms with Crippen LogP contribution in [0.15, 0.2) is 24.5 Å². The minimum atomic E-state index is 0.165. The van der Waals surface area contributed by atoms with Crippen LogP contribution in [0.4, 0.5) is 4.79 Å². The van der Waals surface area contributed by atoms with Crippen LogP contribution >= 0.6 is 0 Å². The molecule has 6 nitrogen and oxygen atoms in total.